The van der Waals surface area contributed by atoms with Crippen molar-refractivity contribution in [3.8, 4) is 22.9 Å². The lowest BCUT2D eigenvalue weighted by Crippen LogP contribution is -2.56. The van der Waals surface area contributed by atoms with Crippen molar-refractivity contribution in [1.29, 1.82) is 0 Å². The quantitative estimate of drug-likeness (QED) is 0.215. The first-order chi connectivity index (χ1) is 21.4. The highest BCUT2D eigenvalue weighted by molar-refractivity contribution is 6.03. The lowest BCUT2D eigenvalue weighted by atomic mass is 9.85. The van der Waals surface area contributed by atoms with Crippen LogP contribution < -0.4 is 14.4 Å². The van der Waals surface area contributed by atoms with Gasteiger partial charge in [0.05, 0.1) is 25.4 Å². The molecule has 1 aromatic heterocycles. The molecule has 0 radical (unpaired) electrons. The fourth-order valence-corrected chi connectivity index (χ4v) is 6.63. The van der Waals surface area contributed by atoms with E-state index in [0.29, 0.717) is 46.4 Å². The number of piperidine rings is 1. The summed E-state index contributed by atoms with van der Waals surface area (Å²) in [5, 5.41) is 11.8. The van der Waals surface area contributed by atoms with Gasteiger partial charge >= 0.3 is 6.01 Å². The fourth-order valence-electron chi connectivity index (χ4n) is 6.63. The maximum absolute atomic E-state index is 16.9. The highest BCUT2D eigenvalue weighted by Crippen LogP contribution is 2.46. The first-order valence-electron chi connectivity index (χ1n) is 15.4. The third kappa shape index (κ3) is 5.12. The van der Waals surface area contributed by atoms with E-state index in [9.17, 15) is 5.11 Å². The third-order valence-corrected chi connectivity index (χ3v) is 9.50. The van der Waals surface area contributed by atoms with Gasteiger partial charge < -0.3 is 29.0 Å². The van der Waals surface area contributed by atoms with Gasteiger partial charge in [0.15, 0.2) is 12.6 Å². The number of aryl methyl sites for hydroxylation is 1. The molecule has 3 aromatic carbocycles. The van der Waals surface area contributed by atoms with Crippen molar-refractivity contribution in [3.05, 3.63) is 53.6 Å². The molecule has 232 valence electrons. The predicted molar refractivity (Wildman–Crippen MR) is 163 cm³/mol. The van der Waals surface area contributed by atoms with Crippen LogP contribution in [-0.4, -0.2) is 67.5 Å². The molecule has 2 saturated heterocycles. The van der Waals surface area contributed by atoms with Crippen LogP contribution in [0.25, 0.3) is 32.8 Å². The van der Waals surface area contributed by atoms with Crippen LogP contribution in [0.2, 0.25) is 0 Å². The minimum Gasteiger partial charge on any atom is -0.468 e. The number of aromatic nitrogens is 2. The lowest BCUT2D eigenvalue weighted by molar-refractivity contribution is -0.151. The average molecular weight is 606 g/mol. The summed E-state index contributed by atoms with van der Waals surface area (Å²) in [7, 11) is 1.53. The van der Waals surface area contributed by atoms with Gasteiger partial charge in [-0.3, -0.25) is 0 Å². The molecule has 1 N–H and O–H groups in total. The predicted octanol–water partition coefficient (Wildman–Crippen LogP) is 6.18. The van der Waals surface area contributed by atoms with E-state index in [4.69, 9.17) is 23.9 Å². The minimum absolute atomic E-state index is 0.0145. The number of rotatable bonds is 10. The van der Waals surface area contributed by atoms with Crippen LogP contribution in [-0.2, 0) is 15.9 Å². The van der Waals surface area contributed by atoms with Crippen LogP contribution >= 0.6 is 0 Å². The topological polar surface area (TPSA) is 86.2 Å². The van der Waals surface area contributed by atoms with Crippen LogP contribution in [0.3, 0.4) is 0 Å². The molecular weight excluding hydrogens is 568 g/mol. The summed E-state index contributed by atoms with van der Waals surface area (Å²) >= 11 is 0. The second-order valence-electron chi connectivity index (χ2n) is 12.4. The molecule has 3 aliphatic rings. The van der Waals surface area contributed by atoms with E-state index in [1.165, 1.54) is 13.2 Å². The third-order valence-electron chi connectivity index (χ3n) is 9.50. The number of halogens is 2. The fraction of sp³-hybridized carbons (Fsp3) is 0.471. The van der Waals surface area contributed by atoms with Gasteiger partial charge in [-0.05, 0) is 78.3 Å². The number of anilines is 1. The molecule has 44 heavy (non-hydrogen) atoms. The number of nitrogens with zero attached hydrogens (tertiary/aromatic N) is 3. The number of benzene rings is 3. The van der Waals surface area contributed by atoms with Crippen molar-refractivity contribution in [2.45, 2.75) is 51.0 Å². The smallest absolute Gasteiger partial charge is 0.319 e. The Morgan fingerprint density at radius 3 is 2.57 bits per heavy atom. The summed E-state index contributed by atoms with van der Waals surface area (Å²) in [4.78, 5) is 11.5. The van der Waals surface area contributed by atoms with Crippen molar-refractivity contribution in [3.63, 3.8) is 0 Å². The molecule has 0 bridgehead atoms. The van der Waals surface area contributed by atoms with Crippen LogP contribution in [0, 0.1) is 17.0 Å². The molecule has 3 heterocycles. The van der Waals surface area contributed by atoms with E-state index in [1.54, 1.807) is 18.2 Å². The Morgan fingerprint density at radius 2 is 1.86 bits per heavy atom. The minimum atomic E-state index is -0.553. The first-order valence-corrected chi connectivity index (χ1v) is 15.4. The maximum Gasteiger partial charge on any atom is 0.319 e. The second kappa shape index (κ2) is 11.4. The van der Waals surface area contributed by atoms with Gasteiger partial charge in [0.2, 0.25) is 0 Å². The highest BCUT2D eigenvalue weighted by Gasteiger charge is 2.44. The van der Waals surface area contributed by atoms with Crippen molar-refractivity contribution in [2.24, 2.45) is 5.41 Å². The molecule has 1 saturated carbocycles. The van der Waals surface area contributed by atoms with E-state index in [2.05, 4.69) is 9.88 Å². The number of methoxy groups -OCH3 is 1. The molecule has 4 aromatic rings. The molecule has 1 spiro atoms. The Labute approximate surface area is 254 Å². The van der Waals surface area contributed by atoms with Gasteiger partial charge in [0.1, 0.15) is 22.9 Å². The number of ether oxygens (including phenoxy) is 4. The Balaban J connectivity index is 1.40. The Bertz CT molecular complexity index is 1720. The van der Waals surface area contributed by atoms with E-state index >= 15 is 8.78 Å². The molecule has 7 rings (SSSR count). The standard InChI is InChI=1S/C34H37F2N3O5/c1-3-23-27(35)8-5-21-15-22(43-20-41-2)16-26(28(21)23)24-6-7-25-30(29(24)36)37-32(42-19-33(18-40)10-11-33)38-31(25)39-13-4-9-34(17-39)12-14-44-34/h5-8,15-16,40H,3-4,9-14,17-20H2,1-2H3/t34-/m0/s1. The molecule has 0 amide bonds. The van der Waals surface area contributed by atoms with E-state index < -0.39 is 5.82 Å². The van der Waals surface area contributed by atoms with Crippen LogP contribution in [0.4, 0.5) is 14.6 Å². The van der Waals surface area contributed by atoms with E-state index in [0.717, 1.165) is 50.6 Å². The maximum atomic E-state index is 16.9. The van der Waals surface area contributed by atoms with Crippen molar-refractivity contribution >= 4 is 27.5 Å². The normalized spacial score (nSPS) is 20.7. The number of hydrogen-bond acceptors (Lipinski definition) is 8. The Hall–Kier alpha value is -3.60. The van der Waals surface area contributed by atoms with Crippen LogP contribution in [0.1, 0.15) is 44.6 Å². The largest absolute Gasteiger partial charge is 0.468 e. The zero-order chi connectivity index (χ0) is 30.5. The van der Waals surface area contributed by atoms with Gasteiger partial charge in [-0.15, -0.1) is 0 Å². The SMILES string of the molecule is CCc1c(F)ccc2cc(OCOC)cc(-c3ccc4c(N5CCC[C@]6(CCO6)C5)nc(OCC5(CO)CC5)nc4c3F)c12. The van der Waals surface area contributed by atoms with Crippen LogP contribution in [0.15, 0.2) is 36.4 Å². The average Bonchev–Trinajstić information content (AvgIpc) is 3.82. The molecule has 10 heteroatoms. The van der Waals surface area contributed by atoms with E-state index in [1.807, 2.05) is 19.1 Å². The Morgan fingerprint density at radius 1 is 1.02 bits per heavy atom. The van der Waals surface area contributed by atoms with Crippen molar-refractivity contribution < 1.29 is 32.8 Å². The van der Waals surface area contributed by atoms with Gasteiger partial charge in [-0.25, -0.2) is 8.78 Å². The lowest BCUT2D eigenvalue weighted by Gasteiger charge is -2.48. The molecular formula is C34H37F2N3O5. The number of fused-ring (bicyclic) bond motifs is 2. The summed E-state index contributed by atoms with van der Waals surface area (Å²) in [6.07, 6.45) is 5.05. The monoisotopic (exact) mass is 605 g/mol. The van der Waals surface area contributed by atoms with Gasteiger partial charge in [0, 0.05) is 43.0 Å². The van der Waals surface area contributed by atoms with Gasteiger partial charge in [-0.1, -0.05) is 19.1 Å². The molecule has 2 aliphatic heterocycles. The van der Waals surface area contributed by atoms with Gasteiger partial charge in [0.25, 0.3) is 0 Å². The van der Waals surface area contributed by atoms with Crippen LogP contribution in [0.5, 0.6) is 11.8 Å². The summed E-state index contributed by atoms with van der Waals surface area (Å²) < 4.78 is 54.9. The van der Waals surface area contributed by atoms with Gasteiger partial charge in [-0.2, -0.15) is 9.97 Å². The first kappa shape index (κ1) is 29.1. The molecule has 8 nitrogen and oxygen atoms in total. The summed E-state index contributed by atoms with van der Waals surface area (Å²) in [6, 6.07) is 10.3. The molecule has 1 atom stereocenters. The number of aliphatic hydroxyl groups excluding tert-OH is 1. The zero-order valence-corrected chi connectivity index (χ0v) is 25.1. The number of hydrogen-bond donors (Lipinski definition) is 1. The second-order valence-corrected chi connectivity index (χ2v) is 12.4. The summed E-state index contributed by atoms with van der Waals surface area (Å²) in [5.74, 6) is 0.180. The summed E-state index contributed by atoms with van der Waals surface area (Å²) in [6.45, 7) is 4.33. The molecule has 0 unspecified atom stereocenters. The molecule has 3 fully saturated rings. The highest BCUT2D eigenvalue weighted by atomic mass is 19.1. The summed E-state index contributed by atoms with van der Waals surface area (Å²) in [5.41, 5.74) is 0.899. The molecule has 1 aliphatic carbocycles. The number of aliphatic hydroxyl groups is 1. The van der Waals surface area contributed by atoms with Crippen molar-refractivity contribution in [2.75, 3.05) is 51.7 Å². The zero-order valence-electron chi connectivity index (χ0n) is 25.1. The Kier molecular flexibility index (Phi) is 7.54. The van der Waals surface area contributed by atoms with E-state index in [-0.39, 0.29) is 53.9 Å². The van der Waals surface area contributed by atoms with Crippen molar-refractivity contribution in [1.82, 2.24) is 9.97 Å².